The maximum absolute atomic E-state index is 14.0. The third-order valence-electron chi connectivity index (χ3n) is 6.33. The van der Waals surface area contributed by atoms with E-state index in [-0.39, 0.29) is 30.3 Å². The van der Waals surface area contributed by atoms with E-state index in [4.69, 9.17) is 4.74 Å². The third kappa shape index (κ3) is 8.16. The predicted molar refractivity (Wildman–Crippen MR) is 155 cm³/mol. The smallest absolute Gasteiger partial charge is 0.244 e. The van der Waals surface area contributed by atoms with Crippen molar-refractivity contribution < 1.29 is 27.5 Å². The van der Waals surface area contributed by atoms with Gasteiger partial charge in [-0.2, -0.15) is 0 Å². The first-order valence-corrected chi connectivity index (χ1v) is 14.7. The number of Topliss-reactive ketones (excluding diaryl/α,β-unsaturated/α-hetero) is 1. The van der Waals surface area contributed by atoms with E-state index < -0.39 is 28.5 Å². The van der Waals surface area contributed by atoms with Crippen molar-refractivity contribution >= 4 is 33.3 Å². The summed E-state index contributed by atoms with van der Waals surface area (Å²) in [4.78, 5) is 40.8. The van der Waals surface area contributed by atoms with Gasteiger partial charge in [-0.25, -0.2) is 8.42 Å². The second-order valence-corrected chi connectivity index (χ2v) is 11.3. The van der Waals surface area contributed by atoms with Gasteiger partial charge in [-0.1, -0.05) is 54.6 Å². The van der Waals surface area contributed by atoms with Gasteiger partial charge in [0.05, 0.1) is 19.1 Å². The van der Waals surface area contributed by atoms with Crippen LogP contribution < -0.4 is 14.4 Å². The van der Waals surface area contributed by atoms with E-state index in [1.807, 2.05) is 36.4 Å². The lowest BCUT2D eigenvalue weighted by Crippen LogP contribution is -2.53. The van der Waals surface area contributed by atoms with Gasteiger partial charge in [0.1, 0.15) is 18.3 Å². The monoisotopic (exact) mass is 565 g/mol. The molecule has 0 fully saturated rings. The molecule has 3 aromatic rings. The Balaban J connectivity index is 2.07. The van der Waals surface area contributed by atoms with E-state index in [9.17, 15) is 22.8 Å². The van der Waals surface area contributed by atoms with Gasteiger partial charge < -0.3 is 15.0 Å². The Morgan fingerprint density at radius 1 is 0.925 bits per heavy atom. The van der Waals surface area contributed by atoms with E-state index >= 15 is 0 Å². The van der Waals surface area contributed by atoms with Crippen LogP contribution in [0.25, 0.3) is 0 Å². The van der Waals surface area contributed by atoms with Crippen LogP contribution in [-0.4, -0.2) is 63.4 Å². The molecule has 10 heteroatoms. The molecule has 0 heterocycles. The van der Waals surface area contributed by atoms with Crippen LogP contribution in [0.4, 0.5) is 5.69 Å². The number of benzene rings is 3. The number of methoxy groups -OCH3 is 1. The van der Waals surface area contributed by atoms with Crippen molar-refractivity contribution in [2.75, 3.05) is 30.8 Å². The predicted octanol–water partition coefficient (Wildman–Crippen LogP) is 3.44. The summed E-state index contributed by atoms with van der Waals surface area (Å²) < 4.78 is 32.1. The summed E-state index contributed by atoms with van der Waals surface area (Å²) in [6.45, 7) is 3.01. The standard InChI is InChI=1S/C30H35N3O6S/c1-5-31-30(36)28(18-23-11-7-6-8-12-23)32(20-24-13-9-16-27(17-24)39-3)29(35)21-33(40(4,37)38)26-15-10-14-25(19-26)22(2)34/h6-17,19,28H,5,18,20-21H2,1-4H3,(H,31,36)/t28-/m1/s1. The summed E-state index contributed by atoms with van der Waals surface area (Å²) in [6.07, 6.45) is 1.22. The van der Waals surface area contributed by atoms with E-state index in [1.54, 1.807) is 37.3 Å². The number of anilines is 1. The molecule has 0 aliphatic carbocycles. The fourth-order valence-corrected chi connectivity index (χ4v) is 5.15. The molecule has 0 bridgehead atoms. The molecule has 0 unspecified atom stereocenters. The summed E-state index contributed by atoms with van der Waals surface area (Å²) in [5.41, 5.74) is 2.05. The van der Waals surface area contributed by atoms with E-state index in [0.717, 1.165) is 16.1 Å². The summed E-state index contributed by atoms with van der Waals surface area (Å²) in [5, 5.41) is 2.82. The van der Waals surface area contributed by atoms with Gasteiger partial charge in [0.15, 0.2) is 5.78 Å². The lowest BCUT2D eigenvalue weighted by atomic mass is 10.0. The van der Waals surface area contributed by atoms with Gasteiger partial charge in [-0.3, -0.25) is 18.7 Å². The molecule has 0 aliphatic rings. The van der Waals surface area contributed by atoms with Crippen molar-refractivity contribution in [3.8, 4) is 5.75 Å². The molecule has 2 amide bonds. The summed E-state index contributed by atoms with van der Waals surface area (Å²) in [5.74, 6) is -0.581. The minimum absolute atomic E-state index is 0.0375. The Hall–Kier alpha value is -4.18. The number of rotatable bonds is 13. The molecular formula is C30H35N3O6S. The van der Waals surface area contributed by atoms with Crippen LogP contribution in [0.15, 0.2) is 78.9 Å². The lowest BCUT2D eigenvalue weighted by molar-refractivity contribution is -0.140. The number of nitrogens with one attached hydrogen (secondary N) is 1. The molecule has 212 valence electrons. The molecule has 0 aliphatic heterocycles. The molecule has 1 N–H and O–H groups in total. The SMILES string of the molecule is CCNC(=O)[C@@H](Cc1ccccc1)N(Cc1cccc(OC)c1)C(=O)CN(c1cccc(C(C)=O)c1)S(C)(=O)=O. The van der Waals surface area contributed by atoms with Crippen LogP contribution in [-0.2, 0) is 32.6 Å². The normalized spacial score (nSPS) is 11.8. The second-order valence-electron chi connectivity index (χ2n) is 9.35. The van der Waals surface area contributed by atoms with Gasteiger partial charge in [-0.15, -0.1) is 0 Å². The van der Waals surface area contributed by atoms with Crippen LogP contribution in [0.5, 0.6) is 5.75 Å². The molecule has 3 rings (SSSR count). The highest BCUT2D eigenvalue weighted by Gasteiger charge is 2.33. The number of ether oxygens (including phenoxy) is 1. The van der Waals surface area contributed by atoms with Crippen LogP contribution in [0, 0.1) is 0 Å². The van der Waals surface area contributed by atoms with Gasteiger partial charge in [0.25, 0.3) is 0 Å². The van der Waals surface area contributed by atoms with Crippen LogP contribution in [0.1, 0.15) is 35.3 Å². The molecule has 0 aromatic heterocycles. The van der Waals surface area contributed by atoms with E-state index in [1.165, 1.54) is 31.1 Å². The first kappa shape index (κ1) is 30.4. The van der Waals surface area contributed by atoms with Crippen molar-refractivity contribution in [1.29, 1.82) is 0 Å². The maximum Gasteiger partial charge on any atom is 0.244 e. The Kier molecular flexibility index (Phi) is 10.4. The minimum atomic E-state index is -3.93. The molecule has 3 aromatic carbocycles. The Morgan fingerprint density at radius 2 is 1.60 bits per heavy atom. The number of likely N-dealkylation sites (N-methyl/N-ethyl adjacent to an activating group) is 1. The molecule has 9 nitrogen and oxygen atoms in total. The number of sulfonamides is 1. The number of nitrogens with zero attached hydrogens (tertiary/aromatic N) is 2. The van der Waals surface area contributed by atoms with Gasteiger partial charge in [0.2, 0.25) is 21.8 Å². The first-order valence-electron chi connectivity index (χ1n) is 12.9. The van der Waals surface area contributed by atoms with Crippen LogP contribution in [0.2, 0.25) is 0 Å². The van der Waals surface area contributed by atoms with Crippen molar-refractivity contribution in [2.24, 2.45) is 0 Å². The molecule has 0 spiro atoms. The zero-order valence-electron chi connectivity index (χ0n) is 23.2. The summed E-state index contributed by atoms with van der Waals surface area (Å²) in [7, 11) is -2.40. The number of carbonyl (C=O) groups excluding carboxylic acids is 3. The van der Waals surface area contributed by atoms with Gasteiger partial charge in [-0.05, 0) is 49.2 Å². The van der Waals surface area contributed by atoms with Gasteiger partial charge in [0, 0.05) is 25.1 Å². The van der Waals surface area contributed by atoms with E-state index in [2.05, 4.69) is 5.32 Å². The molecule has 1 atom stereocenters. The topological polar surface area (TPSA) is 113 Å². The highest BCUT2D eigenvalue weighted by molar-refractivity contribution is 7.92. The highest BCUT2D eigenvalue weighted by Crippen LogP contribution is 2.22. The summed E-state index contributed by atoms with van der Waals surface area (Å²) >= 11 is 0. The van der Waals surface area contributed by atoms with Gasteiger partial charge >= 0.3 is 0 Å². The molecular weight excluding hydrogens is 530 g/mol. The average molecular weight is 566 g/mol. The Morgan fingerprint density at radius 3 is 2.23 bits per heavy atom. The minimum Gasteiger partial charge on any atom is -0.497 e. The molecule has 0 saturated carbocycles. The van der Waals surface area contributed by atoms with Crippen molar-refractivity contribution in [1.82, 2.24) is 10.2 Å². The first-order chi connectivity index (χ1) is 19.0. The fraction of sp³-hybridized carbons (Fsp3) is 0.300. The number of amides is 2. The average Bonchev–Trinajstić information content (AvgIpc) is 2.93. The molecule has 0 saturated heterocycles. The highest BCUT2D eigenvalue weighted by atomic mass is 32.2. The summed E-state index contributed by atoms with van der Waals surface area (Å²) in [6, 6.07) is 21.6. The number of hydrogen-bond donors (Lipinski definition) is 1. The van der Waals surface area contributed by atoms with E-state index in [0.29, 0.717) is 23.4 Å². The molecule has 40 heavy (non-hydrogen) atoms. The lowest BCUT2D eigenvalue weighted by Gasteiger charge is -2.33. The number of carbonyl (C=O) groups is 3. The van der Waals surface area contributed by atoms with Crippen LogP contribution in [0.3, 0.4) is 0 Å². The van der Waals surface area contributed by atoms with Crippen molar-refractivity contribution in [3.63, 3.8) is 0 Å². The Bertz CT molecular complexity index is 1440. The largest absolute Gasteiger partial charge is 0.497 e. The second kappa shape index (κ2) is 13.7. The Labute approximate surface area is 235 Å². The zero-order chi connectivity index (χ0) is 29.3. The number of hydrogen-bond acceptors (Lipinski definition) is 6. The third-order valence-corrected chi connectivity index (χ3v) is 7.47. The fourth-order valence-electron chi connectivity index (χ4n) is 4.31. The zero-order valence-corrected chi connectivity index (χ0v) is 24.0. The van der Waals surface area contributed by atoms with Crippen molar-refractivity contribution in [2.45, 2.75) is 32.9 Å². The van der Waals surface area contributed by atoms with Crippen molar-refractivity contribution in [3.05, 3.63) is 95.6 Å². The maximum atomic E-state index is 14.0. The van der Waals surface area contributed by atoms with Crippen LogP contribution >= 0.6 is 0 Å². The number of ketones is 1. The molecule has 0 radical (unpaired) electrons. The quantitative estimate of drug-likeness (QED) is 0.318.